The van der Waals surface area contributed by atoms with Gasteiger partial charge in [0.2, 0.25) is 0 Å². The van der Waals surface area contributed by atoms with Crippen LogP contribution in [0.2, 0.25) is 0 Å². The standard InChI is InChI=1S/C22H24N2O3/c1-15(2)21-12-19(23-27-21)13-24(3)22(26)17-10-8-16(9-11-17)20-7-5-4-6-18(20)14-25/h4-12,15,25H,13-14H2,1-3H3. The lowest BCUT2D eigenvalue weighted by molar-refractivity contribution is 0.0782. The first kappa shape index (κ1) is 18.9. The molecular formula is C22H24N2O3. The number of carbonyl (C=O) groups excluding carboxylic acids is 1. The zero-order valence-corrected chi connectivity index (χ0v) is 15.8. The molecule has 140 valence electrons. The van der Waals surface area contributed by atoms with E-state index in [1.54, 1.807) is 11.9 Å². The maximum absolute atomic E-state index is 12.7. The molecule has 3 rings (SSSR count). The highest BCUT2D eigenvalue weighted by atomic mass is 16.5. The van der Waals surface area contributed by atoms with E-state index in [1.165, 1.54) is 0 Å². The summed E-state index contributed by atoms with van der Waals surface area (Å²) in [6.07, 6.45) is 0. The van der Waals surface area contributed by atoms with Gasteiger partial charge in [0.1, 0.15) is 11.5 Å². The fourth-order valence-corrected chi connectivity index (χ4v) is 2.94. The predicted molar refractivity (Wildman–Crippen MR) is 104 cm³/mol. The molecule has 5 nitrogen and oxygen atoms in total. The van der Waals surface area contributed by atoms with Gasteiger partial charge < -0.3 is 14.5 Å². The lowest BCUT2D eigenvalue weighted by atomic mass is 9.99. The van der Waals surface area contributed by atoms with Gasteiger partial charge in [-0.1, -0.05) is 55.4 Å². The van der Waals surface area contributed by atoms with Gasteiger partial charge in [0.15, 0.2) is 0 Å². The van der Waals surface area contributed by atoms with E-state index >= 15 is 0 Å². The third kappa shape index (κ3) is 4.26. The number of benzene rings is 2. The average Bonchev–Trinajstić information content (AvgIpc) is 3.16. The Labute approximate surface area is 159 Å². The zero-order valence-electron chi connectivity index (χ0n) is 15.8. The number of hydrogen-bond acceptors (Lipinski definition) is 4. The Bertz CT molecular complexity index is 913. The summed E-state index contributed by atoms with van der Waals surface area (Å²) >= 11 is 0. The van der Waals surface area contributed by atoms with Crippen molar-refractivity contribution < 1.29 is 14.4 Å². The predicted octanol–water partition coefficient (Wildman–Crippen LogP) is 4.23. The molecule has 0 bridgehead atoms. The van der Waals surface area contributed by atoms with Crippen molar-refractivity contribution in [3.8, 4) is 11.1 Å². The van der Waals surface area contributed by atoms with E-state index in [4.69, 9.17) is 4.52 Å². The smallest absolute Gasteiger partial charge is 0.253 e. The Hall–Kier alpha value is -2.92. The van der Waals surface area contributed by atoms with Crippen LogP contribution in [0.25, 0.3) is 11.1 Å². The molecule has 0 radical (unpaired) electrons. The van der Waals surface area contributed by atoms with E-state index in [0.29, 0.717) is 12.1 Å². The van der Waals surface area contributed by atoms with Crippen molar-refractivity contribution in [1.29, 1.82) is 0 Å². The van der Waals surface area contributed by atoms with Crippen molar-refractivity contribution in [3.05, 3.63) is 77.2 Å². The van der Waals surface area contributed by atoms with Crippen molar-refractivity contribution in [1.82, 2.24) is 10.1 Å². The van der Waals surface area contributed by atoms with Crippen molar-refractivity contribution in [2.75, 3.05) is 7.05 Å². The topological polar surface area (TPSA) is 66.6 Å². The Balaban J connectivity index is 1.73. The fraction of sp³-hybridized carbons (Fsp3) is 0.273. The van der Waals surface area contributed by atoms with Crippen LogP contribution in [0.15, 0.2) is 59.1 Å². The monoisotopic (exact) mass is 364 g/mol. The van der Waals surface area contributed by atoms with Gasteiger partial charge in [-0.2, -0.15) is 0 Å². The van der Waals surface area contributed by atoms with Crippen LogP contribution in [0.4, 0.5) is 0 Å². The fourth-order valence-electron chi connectivity index (χ4n) is 2.94. The summed E-state index contributed by atoms with van der Waals surface area (Å²) in [6, 6.07) is 17.0. The SMILES string of the molecule is CC(C)c1cc(CN(C)C(=O)c2ccc(-c3ccccc3CO)cc2)no1. The van der Waals surface area contributed by atoms with Crippen molar-refractivity contribution in [2.24, 2.45) is 0 Å². The first-order valence-electron chi connectivity index (χ1n) is 8.99. The van der Waals surface area contributed by atoms with Crippen LogP contribution in [-0.2, 0) is 13.2 Å². The Morgan fingerprint density at radius 3 is 2.48 bits per heavy atom. The summed E-state index contributed by atoms with van der Waals surface area (Å²) in [5.74, 6) is 1.01. The zero-order chi connectivity index (χ0) is 19.4. The molecule has 0 aliphatic carbocycles. The molecule has 0 aliphatic rings. The molecule has 5 heteroatoms. The number of amides is 1. The third-order valence-electron chi connectivity index (χ3n) is 4.52. The minimum atomic E-state index is -0.0777. The van der Waals surface area contributed by atoms with E-state index in [0.717, 1.165) is 28.1 Å². The second-order valence-corrected chi connectivity index (χ2v) is 6.93. The molecule has 0 saturated carbocycles. The molecule has 27 heavy (non-hydrogen) atoms. The molecule has 0 fully saturated rings. The summed E-state index contributed by atoms with van der Waals surface area (Å²) in [5.41, 5.74) is 4.15. The van der Waals surface area contributed by atoms with E-state index < -0.39 is 0 Å². The van der Waals surface area contributed by atoms with Crippen LogP contribution in [0.3, 0.4) is 0 Å². The van der Waals surface area contributed by atoms with E-state index in [-0.39, 0.29) is 18.4 Å². The van der Waals surface area contributed by atoms with Crippen LogP contribution in [-0.4, -0.2) is 28.1 Å². The first-order chi connectivity index (χ1) is 13.0. The highest BCUT2D eigenvalue weighted by Crippen LogP contribution is 2.24. The summed E-state index contributed by atoms with van der Waals surface area (Å²) in [7, 11) is 1.75. The largest absolute Gasteiger partial charge is 0.392 e. The first-order valence-corrected chi connectivity index (χ1v) is 8.99. The van der Waals surface area contributed by atoms with Gasteiger partial charge in [-0.3, -0.25) is 4.79 Å². The Morgan fingerprint density at radius 2 is 1.85 bits per heavy atom. The summed E-state index contributed by atoms with van der Waals surface area (Å²) < 4.78 is 5.29. The van der Waals surface area contributed by atoms with Crippen LogP contribution in [0, 0.1) is 0 Å². The van der Waals surface area contributed by atoms with Gasteiger partial charge in [-0.15, -0.1) is 0 Å². The minimum Gasteiger partial charge on any atom is -0.392 e. The number of aliphatic hydroxyl groups is 1. The van der Waals surface area contributed by atoms with E-state index in [9.17, 15) is 9.90 Å². The lowest BCUT2D eigenvalue weighted by Crippen LogP contribution is -2.26. The number of nitrogens with zero attached hydrogens (tertiary/aromatic N) is 2. The molecule has 0 aliphatic heterocycles. The molecule has 2 aromatic carbocycles. The highest BCUT2D eigenvalue weighted by molar-refractivity contribution is 5.94. The number of carbonyl (C=O) groups is 1. The van der Waals surface area contributed by atoms with Crippen LogP contribution >= 0.6 is 0 Å². The van der Waals surface area contributed by atoms with Gasteiger partial charge in [-0.25, -0.2) is 0 Å². The molecule has 0 saturated heterocycles. The number of aromatic nitrogens is 1. The second kappa shape index (κ2) is 8.18. The molecule has 1 heterocycles. The maximum Gasteiger partial charge on any atom is 0.253 e. The van der Waals surface area contributed by atoms with E-state index in [2.05, 4.69) is 5.16 Å². The molecule has 3 aromatic rings. The van der Waals surface area contributed by atoms with Crippen molar-refractivity contribution >= 4 is 5.91 Å². The average molecular weight is 364 g/mol. The van der Waals surface area contributed by atoms with Gasteiger partial charge in [0.25, 0.3) is 5.91 Å². The normalized spacial score (nSPS) is 11.0. The molecule has 0 spiro atoms. The molecule has 0 unspecified atom stereocenters. The number of aliphatic hydroxyl groups excluding tert-OH is 1. The summed E-state index contributed by atoms with van der Waals surface area (Å²) in [6.45, 7) is 4.45. The van der Waals surface area contributed by atoms with Crippen molar-refractivity contribution in [2.45, 2.75) is 32.9 Å². The quantitative estimate of drug-likeness (QED) is 0.711. The minimum absolute atomic E-state index is 0.0182. The molecule has 1 N–H and O–H groups in total. The van der Waals surface area contributed by atoms with Gasteiger partial charge in [0.05, 0.1) is 13.2 Å². The third-order valence-corrected chi connectivity index (χ3v) is 4.52. The lowest BCUT2D eigenvalue weighted by Gasteiger charge is -2.16. The van der Waals surface area contributed by atoms with Gasteiger partial charge in [-0.05, 0) is 28.8 Å². The number of hydrogen-bond donors (Lipinski definition) is 1. The summed E-state index contributed by atoms with van der Waals surface area (Å²) in [5, 5.41) is 13.5. The second-order valence-electron chi connectivity index (χ2n) is 6.93. The van der Waals surface area contributed by atoms with E-state index in [1.807, 2.05) is 68.4 Å². The van der Waals surface area contributed by atoms with Crippen LogP contribution < -0.4 is 0 Å². The van der Waals surface area contributed by atoms with Crippen LogP contribution in [0.5, 0.6) is 0 Å². The molecule has 1 aromatic heterocycles. The Kier molecular flexibility index (Phi) is 5.72. The van der Waals surface area contributed by atoms with Gasteiger partial charge in [0, 0.05) is 24.6 Å². The van der Waals surface area contributed by atoms with Gasteiger partial charge >= 0.3 is 0 Å². The molecule has 0 atom stereocenters. The highest BCUT2D eigenvalue weighted by Gasteiger charge is 2.15. The number of rotatable bonds is 6. The molecular weight excluding hydrogens is 340 g/mol. The van der Waals surface area contributed by atoms with Crippen molar-refractivity contribution in [3.63, 3.8) is 0 Å². The maximum atomic E-state index is 12.7. The Morgan fingerprint density at radius 1 is 1.15 bits per heavy atom. The van der Waals surface area contributed by atoms with Crippen LogP contribution in [0.1, 0.15) is 47.1 Å². The summed E-state index contributed by atoms with van der Waals surface area (Å²) in [4.78, 5) is 14.3. The molecule has 1 amide bonds.